The lowest BCUT2D eigenvalue weighted by atomic mass is 9.80. The summed E-state index contributed by atoms with van der Waals surface area (Å²) < 4.78 is 6.01. The molecule has 3 unspecified atom stereocenters. The number of rotatable bonds is 2. The number of thioether (sulfide) groups is 1. The van der Waals surface area contributed by atoms with Crippen LogP contribution in [0.25, 0.3) is 0 Å². The minimum Gasteiger partial charge on any atom is -0.388 e. The zero-order valence-electron chi connectivity index (χ0n) is 10.5. The van der Waals surface area contributed by atoms with E-state index in [1.54, 1.807) is 0 Å². The molecule has 18 heavy (non-hydrogen) atoms. The monoisotopic (exact) mass is 264 g/mol. The molecule has 0 bridgehead atoms. The number of hydrogen-bond acceptors (Lipinski definition) is 3. The smallest absolute Gasteiger partial charge is 0.0820 e. The van der Waals surface area contributed by atoms with Gasteiger partial charge in [0.2, 0.25) is 0 Å². The van der Waals surface area contributed by atoms with Crippen LogP contribution in [0, 0.1) is 5.92 Å². The van der Waals surface area contributed by atoms with Gasteiger partial charge in [-0.3, -0.25) is 0 Å². The largest absolute Gasteiger partial charge is 0.388 e. The molecule has 3 heteroatoms. The van der Waals surface area contributed by atoms with Gasteiger partial charge in [-0.1, -0.05) is 30.3 Å². The van der Waals surface area contributed by atoms with Crippen LogP contribution in [0.2, 0.25) is 0 Å². The number of ether oxygens (including phenoxy) is 1. The highest BCUT2D eigenvalue weighted by molar-refractivity contribution is 7.99. The van der Waals surface area contributed by atoms with Gasteiger partial charge in [0.1, 0.15) is 0 Å². The van der Waals surface area contributed by atoms with Crippen molar-refractivity contribution in [3.8, 4) is 0 Å². The Hall–Kier alpha value is -0.510. The average molecular weight is 264 g/mol. The van der Waals surface area contributed by atoms with E-state index < -0.39 is 0 Å². The Balaban J connectivity index is 1.72. The summed E-state index contributed by atoms with van der Waals surface area (Å²) in [7, 11) is 0. The summed E-state index contributed by atoms with van der Waals surface area (Å²) in [6.07, 6.45) is 2.80. The van der Waals surface area contributed by atoms with Gasteiger partial charge in [0.05, 0.1) is 11.7 Å². The number of aliphatic hydroxyl groups is 1. The number of benzene rings is 1. The highest BCUT2D eigenvalue weighted by Gasteiger charge is 2.42. The van der Waals surface area contributed by atoms with Crippen molar-refractivity contribution >= 4 is 11.8 Å². The lowest BCUT2D eigenvalue weighted by Crippen LogP contribution is -2.41. The van der Waals surface area contributed by atoms with Gasteiger partial charge >= 0.3 is 0 Å². The van der Waals surface area contributed by atoms with E-state index in [2.05, 4.69) is 0 Å². The third-order valence-electron chi connectivity index (χ3n) is 4.19. The van der Waals surface area contributed by atoms with E-state index >= 15 is 0 Å². The fraction of sp³-hybridized carbons (Fsp3) is 0.600. The molecule has 2 saturated heterocycles. The Morgan fingerprint density at radius 2 is 2.17 bits per heavy atom. The van der Waals surface area contributed by atoms with Crippen LogP contribution in [0.5, 0.6) is 0 Å². The summed E-state index contributed by atoms with van der Waals surface area (Å²) in [6.45, 7) is 0.801. The van der Waals surface area contributed by atoms with Crippen molar-refractivity contribution in [3.63, 3.8) is 0 Å². The summed E-state index contributed by atoms with van der Waals surface area (Å²) in [5.41, 5.74) is 1.11. The summed E-state index contributed by atoms with van der Waals surface area (Å²) in [5, 5.41) is 10.5. The Labute approximate surface area is 113 Å². The van der Waals surface area contributed by atoms with Crippen LogP contribution in [0.1, 0.15) is 30.9 Å². The van der Waals surface area contributed by atoms with Crippen LogP contribution < -0.4 is 0 Å². The standard InChI is InChI=1S/C15H20O2S/c16-14(12-4-2-1-3-5-12)13-6-8-17-15(10-13)7-9-18-11-15/h1-5,13-14,16H,6-11H2. The van der Waals surface area contributed by atoms with Crippen LogP contribution in [-0.4, -0.2) is 28.8 Å². The predicted molar refractivity (Wildman–Crippen MR) is 74.8 cm³/mol. The second-order valence-electron chi connectivity index (χ2n) is 5.44. The molecule has 0 radical (unpaired) electrons. The van der Waals surface area contributed by atoms with Gasteiger partial charge in [-0.25, -0.2) is 0 Å². The van der Waals surface area contributed by atoms with Crippen molar-refractivity contribution in [3.05, 3.63) is 35.9 Å². The first kappa shape index (κ1) is 12.5. The Kier molecular flexibility index (Phi) is 3.64. The van der Waals surface area contributed by atoms with Crippen molar-refractivity contribution < 1.29 is 9.84 Å². The van der Waals surface area contributed by atoms with Crippen LogP contribution in [0.4, 0.5) is 0 Å². The zero-order valence-corrected chi connectivity index (χ0v) is 11.4. The highest BCUT2D eigenvalue weighted by Crippen LogP contribution is 2.43. The van der Waals surface area contributed by atoms with Gasteiger partial charge in [0, 0.05) is 12.4 Å². The summed E-state index contributed by atoms with van der Waals surface area (Å²) in [4.78, 5) is 0. The molecule has 3 atom stereocenters. The van der Waals surface area contributed by atoms with E-state index in [0.29, 0.717) is 5.92 Å². The molecular formula is C15H20O2S. The molecule has 0 aromatic heterocycles. The molecule has 2 fully saturated rings. The summed E-state index contributed by atoms with van der Waals surface area (Å²) >= 11 is 1.98. The minimum absolute atomic E-state index is 0.0589. The molecule has 0 aliphatic carbocycles. The molecule has 2 heterocycles. The lowest BCUT2D eigenvalue weighted by molar-refractivity contribution is -0.102. The van der Waals surface area contributed by atoms with Crippen LogP contribution in [0.3, 0.4) is 0 Å². The van der Waals surface area contributed by atoms with Crippen molar-refractivity contribution in [1.29, 1.82) is 0 Å². The SMILES string of the molecule is OC(c1ccccc1)C1CCOC2(CCSC2)C1. The molecule has 1 aromatic rings. The fourth-order valence-corrected chi connectivity index (χ4v) is 4.50. The van der Waals surface area contributed by atoms with Gasteiger partial charge in [-0.05, 0) is 36.5 Å². The molecule has 2 aliphatic heterocycles. The van der Waals surface area contributed by atoms with Gasteiger partial charge in [0.15, 0.2) is 0 Å². The molecule has 1 aromatic carbocycles. The second kappa shape index (κ2) is 5.24. The van der Waals surface area contributed by atoms with Crippen molar-refractivity contribution in [1.82, 2.24) is 0 Å². The quantitative estimate of drug-likeness (QED) is 0.890. The van der Waals surface area contributed by atoms with Gasteiger partial charge in [-0.15, -0.1) is 0 Å². The van der Waals surface area contributed by atoms with Gasteiger partial charge < -0.3 is 9.84 Å². The lowest BCUT2D eigenvalue weighted by Gasteiger charge is -2.39. The van der Waals surface area contributed by atoms with Crippen molar-refractivity contribution in [2.75, 3.05) is 18.1 Å². The molecule has 2 nitrogen and oxygen atoms in total. The molecule has 0 amide bonds. The summed E-state index contributed by atoms with van der Waals surface area (Å²) in [5.74, 6) is 2.65. The third-order valence-corrected chi connectivity index (χ3v) is 5.41. The van der Waals surface area contributed by atoms with E-state index in [4.69, 9.17) is 4.74 Å². The minimum atomic E-state index is -0.336. The van der Waals surface area contributed by atoms with E-state index in [0.717, 1.165) is 37.2 Å². The molecule has 1 N–H and O–H groups in total. The zero-order chi connectivity index (χ0) is 12.4. The Morgan fingerprint density at radius 3 is 2.89 bits per heavy atom. The topological polar surface area (TPSA) is 29.5 Å². The van der Waals surface area contributed by atoms with Gasteiger partial charge in [0.25, 0.3) is 0 Å². The maximum Gasteiger partial charge on any atom is 0.0820 e. The number of aliphatic hydroxyl groups excluding tert-OH is 1. The Bertz CT molecular complexity index is 387. The molecule has 98 valence electrons. The van der Waals surface area contributed by atoms with E-state index in [1.807, 2.05) is 42.1 Å². The molecule has 3 rings (SSSR count). The third kappa shape index (κ3) is 2.44. The van der Waals surface area contributed by atoms with E-state index in [9.17, 15) is 5.11 Å². The first-order valence-corrected chi connectivity index (χ1v) is 7.89. The maximum absolute atomic E-state index is 10.5. The van der Waals surface area contributed by atoms with Gasteiger partial charge in [-0.2, -0.15) is 11.8 Å². The van der Waals surface area contributed by atoms with Crippen LogP contribution in [-0.2, 0) is 4.74 Å². The van der Waals surface area contributed by atoms with Crippen molar-refractivity contribution in [2.24, 2.45) is 5.92 Å². The first-order valence-electron chi connectivity index (χ1n) is 6.74. The Morgan fingerprint density at radius 1 is 1.33 bits per heavy atom. The molecule has 0 saturated carbocycles. The van der Waals surface area contributed by atoms with E-state index in [1.165, 1.54) is 5.75 Å². The predicted octanol–water partition coefficient (Wildman–Crippen LogP) is 3.02. The van der Waals surface area contributed by atoms with E-state index in [-0.39, 0.29) is 11.7 Å². The summed E-state index contributed by atoms with van der Waals surface area (Å²) in [6, 6.07) is 10.0. The second-order valence-corrected chi connectivity index (χ2v) is 6.55. The number of hydrogen-bond donors (Lipinski definition) is 1. The fourth-order valence-electron chi connectivity index (χ4n) is 3.12. The normalized spacial score (nSPS) is 33.7. The highest BCUT2D eigenvalue weighted by atomic mass is 32.2. The molecule has 2 aliphatic rings. The first-order chi connectivity index (χ1) is 8.79. The average Bonchev–Trinajstić information content (AvgIpc) is 2.87. The van der Waals surface area contributed by atoms with Crippen molar-refractivity contribution in [2.45, 2.75) is 31.0 Å². The van der Waals surface area contributed by atoms with Crippen LogP contribution >= 0.6 is 11.8 Å². The molecule has 1 spiro atoms. The molecular weight excluding hydrogens is 244 g/mol. The van der Waals surface area contributed by atoms with Crippen LogP contribution in [0.15, 0.2) is 30.3 Å². The maximum atomic E-state index is 10.5.